The number of esters is 3. The number of ether oxygens (including phenoxy) is 6. The molecule has 0 aliphatic carbocycles. The van der Waals surface area contributed by atoms with Crippen LogP contribution >= 0.6 is 0 Å². The van der Waals surface area contributed by atoms with Crippen LogP contribution in [0.25, 0.3) is 33.4 Å². The molecule has 408 valence electrons. The van der Waals surface area contributed by atoms with Crippen LogP contribution in [-0.2, 0) is 0 Å². The average Bonchev–Trinajstić information content (AvgIpc) is 3.47. The van der Waals surface area contributed by atoms with E-state index in [1.165, 1.54) is 76.0 Å². The molecule has 0 saturated carbocycles. The van der Waals surface area contributed by atoms with Gasteiger partial charge in [0, 0.05) is 18.2 Å². The predicted octanol–water partition coefficient (Wildman–Crippen LogP) is 18.6. The summed E-state index contributed by atoms with van der Waals surface area (Å²) in [7, 11) is 0. The Labute approximate surface area is 463 Å². The van der Waals surface area contributed by atoms with Gasteiger partial charge in [0.1, 0.15) is 51.2 Å². The number of rotatable bonds is 33. The zero-order chi connectivity index (χ0) is 54.6. The molecule has 0 aliphatic heterocycles. The zero-order valence-electron chi connectivity index (χ0n) is 46.1. The van der Waals surface area contributed by atoms with E-state index < -0.39 is 17.9 Å². The Morgan fingerprint density at radius 2 is 0.538 bits per heavy atom. The minimum absolute atomic E-state index is 0.0322. The van der Waals surface area contributed by atoms with E-state index in [1.807, 2.05) is 109 Å². The van der Waals surface area contributed by atoms with Crippen molar-refractivity contribution in [2.75, 3.05) is 19.8 Å². The van der Waals surface area contributed by atoms with E-state index in [4.69, 9.17) is 28.4 Å². The van der Waals surface area contributed by atoms with Gasteiger partial charge in [-0.05, 0) is 89.0 Å². The van der Waals surface area contributed by atoms with Gasteiger partial charge in [0.15, 0.2) is 0 Å². The first kappa shape index (κ1) is 58.0. The maximum absolute atomic E-state index is 14.6. The van der Waals surface area contributed by atoms with Gasteiger partial charge in [-0.25, -0.2) is 14.4 Å². The smallest absolute Gasteiger partial charge is 0.347 e. The normalized spacial score (nSPS) is 11.0. The minimum atomic E-state index is -0.714. The van der Waals surface area contributed by atoms with Crippen molar-refractivity contribution in [2.24, 2.45) is 0 Å². The molecular formula is C69H78O9. The molecule has 9 heteroatoms. The first-order valence-electron chi connectivity index (χ1n) is 28.6. The van der Waals surface area contributed by atoms with Crippen LogP contribution in [0, 0.1) is 0 Å². The van der Waals surface area contributed by atoms with Crippen molar-refractivity contribution >= 4 is 17.9 Å². The van der Waals surface area contributed by atoms with Gasteiger partial charge < -0.3 is 28.4 Å². The third kappa shape index (κ3) is 18.2. The van der Waals surface area contributed by atoms with Gasteiger partial charge in [0.05, 0.1) is 19.8 Å². The van der Waals surface area contributed by atoms with E-state index in [9.17, 15) is 14.4 Å². The molecule has 0 aromatic heterocycles. The van der Waals surface area contributed by atoms with Crippen molar-refractivity contribution in [1.29, 1.82) is 0 Å². The Morgan fingerprint density at radius 3 is 0.808 bits per heavy atom. The summed E-state index contributed by atoms with van der Waals surface area (Å²) in [5.41, 5.74) is 5.75. The number of unbranched alkanes of at least 4 members (excludes halogenated alkanes) is 15. The monoisotopic (exact) mass is 1050 g/mol. The van der Waals surface area contributed by atoms with Crippen molar-refractivity contribution in [3.05, 3.63) is 180 Å². The van der Waals surface area contributed by atoms with Gasteiger partial charge in [0.25, 0.3) is 0 Å². The summed E-state index contributed by atoms with van der Waals surface area (Å²) in [6, 6.07) is 50.1. The molecule has 7 rings (SSSR count). The Balaban J connectivity index is 1.22. The maximum atomic E-state index is 14.6. The molecule has 0 amide bonds. The molecule has 9 nitrogen and oxygen atoms in total. The summed E-state index contributed by atoms with van der Waals surface area (Å²) in [5.74, 6) is -1.11. The summed E-state index contributed by atoms with van der Waals surface area (Å²) in [6.45, 7) is 7.87. The molecule has 78 heavy (non-hydrogen) atoms. The van der Waals surface area contributed by atoms with E-state index in [0.29, 0.717) is 37.1 Å². The van der Waals surface area contributed by atoms with Gasteiger partial charge in [-0.1, -0.05) is 226 Å². The Bertz CT molecular complexity index is 2600. The molecule has 0 unspecified atom stereocenters. The van der Waals surface area contributed by atoms with Crippen LogP contribution in [-0.4, -0.2) is 37.7 Å². The lowest BCUT2D eigenvalue weighted by atomic mass is 10.0. The minimum Gasteiger partial charge on any atom is -0.493 e. The summed E-state index contributed by atoms with van der Waals surface area (Å²) in [5, 5.41) is 0. The molecule has 0 aliphatic rings. The maximum Gasteiger partial charge on any atom is 0.347 e. The molecule has 0 heterocycles. The quantitative estimate of drug-likeness (QED) is 0.0226. The predicted molar refractivity (Wildman–Crippen MR) is 314 cm³/mol. The second kappa shape index (κ2) is 32.2. The number of carbonyl (C=O) groups excluding carboxylic acids is 3. The summed E-state index contributed by atoms with van der Waals surface area (Å²) in [4.78, 5) is 43.8. The lowest BCUT2D eigenvalue weighted by Crippen LogP contribution is -2.15. The van der Waals surface area contributed by atoms with Crippen LogP contribution in [0.2, 0.25) is 0 Å². The first-order valence-corrected chi connectivity index (χ1v) is 28.6. The average molecular weight is 1050 g/mol. The van der Waals surface area contributed by atoms with Gasteiger partial charge in [-0.2, -0.15) is 0 Å². The Kier molecular flexibility index (Phi) is 23.9. The van der Waals surface area contributed by atoms with Crippen molar-refractivity contribution in [2.45, 2.75) is 136 Å². The SMILES string of the molecule is CCCCCCCCOc1ccc(-c2ccccc2)cc1C(=O)Oc1cc(OC(=O)c2cc(-c3ccccc3)ccc2OCCCCCCCC)cc(OC(=O)c2cc(-c3ccccc3)ccc2OCCCCCCCC)c1. The molecule has 7 aromatic rings. The van der Waals surface area contributed by atoms with Crippen LogP contribution in [0.15, 0.2) is 164 Å². The molecule has 0 N–H and O–H groups in total. The molecule has 0 atom stereocenters. The summed E-state index contributed by atoms with van der Waals surface area (Å²) >= 11 is 0. The molecule has 0 radical (unpaired) electrons. The number of carbonyl (C=O) groups is 3. The highest BCUT2D eigenvalue weighted by Gasteiger charge is 2.23. The fourth-order valence-corrected chi connectivity index (χ4v) is 9.28. The highest BCUT2D eigenvalue weighted by Crippen LogP contribution is 2.36. The van der Waals surface area contributed by atoms with Crippen molar-refractivity contribution < 1.29 is 42.8 Å². The molecule has 0 saturated heterocycles. The fourth-order valence-electron chi connectivity index (χ4n) is 9.28. The number of benzene rings is 7. The molecule has 0 spiro atoms. The second-order valence-electron chi connectivity index (χ2n) is 19.9. The van der Waals surface area contributed by atoms with Gasteiger partial charge in [0.2, 0.25) is 0 Å². The Hall–Kier alpha value is -7.65. The third-order valence-electron chi connectivity index (χ3n) is 13.7. The summed E-state index contributed by atoms with van der Waals surface area (Å²) in [6.07, 6.45) is 19.5. The topological polar surface area (TPSA) is 107 Å². The number of hydrogen-bond acceptors (Lipinski definition) is 9. The van der Waals surface area contributed by atoms with E-state index in [0.717, 1.165) is 91.2 Å². The lowest BCUT2D eigenvalue weighted by molar-refractivity contribution is 0.0726. The van der Waals surface area contributed by atoms with Crippen molar-refractivity contribution in [1.82, 2.24) is 0 Å². The van der Waals surface area contributed by atoms with Gasteiger partial charge >= 0.3 is 17.9 Å². The highest BCUT2D eigenvalue weighted by atomic mass is 16.6. The largest absolute Gasteiger partial charge is 0.493 e. The van der Waals surface area contributed by atoms with Crippen LogP contribution < -0.4 is 28.4 Å². The lowest BCUT2D eigenvalue weighted by Gasteiger charge is -2.16. The number of hydrogen-bond donors (Lipinski definition) is 0. The van der Waals surface area contributed by atoms with Crippen molar-refractivity contribution in [3.8, 4) is 67.9 Å². The van der Waals surface area contributed by atoms with E-state index >= 15 is 0 Å². The molecule has 7 aromatic carbocycles. The van der Waals surface area contributed by atoms with Crippen LogP contribution in [0.1, 0.15) is 167 Å². The van der Waals surface area contributed by atoms with Crippen LogP contribution in [0.5, 0.6) is 34.5 Å². The highest BCUT2D eigenvalue weighted by molar-refractivity contribution is 5.98. The zero-order valence-corrected chi connectivity index (χ0v) is 46.1. The molecular weight excluding hydrogens is 973 g/mol. The third-order valence-corrected chi connectivity index (χ3v) is 13.7. The molecule has 0 bridgehead atoms. The van der Waals surface area contributed by atoms with Crippen LogP contribution in [0.3, 0.4) is 0 Å². The van der Waals surface area contributed by atoms with E-state index in [1.54, 1.807) is 36.4 Å². The van der Waals surface area contributed by atoms with Gasteiger partial charge in [-0.3, -0.25) is 0 Å². The first-order chi connectivity index (χ1) is 38.3. The standard InChI is InChI=1S/C69H78O9/c1-4-7-10-13-16-28-43-73-64-40-37-55(52-31-22-19-23-32-52)46-61(64)67(70)76-58-49-59(77-68(71)62-47-56(53-33-24-20-25-34-53)38-41-65(62)74-44-29-17-14-11-8-5-2)51-60(50-58)78-69(72)63-48-57(54-35-26-21-27-36-54)39-42-66(63)75-45-30-18-15-12-9-6-3/h19-27,31-42,46-51H,4-18,28-30,43-45H2,1-3H3. The van der Waals surface area contributed by atoms with E-state index in [2.05, 4.69) is 20.8 Å². The van der Waals surface area contributed by atoms with Crippen LogP contribution in [0.4, 0.5) is 0 Å². The second-order valence-corrected chi connectivity index (χ2v) is 19.9. The van der Waals surface area contributed by atoms with Gasteiger partial charge in [-0.15, -0.1) is 0 Å². The fraction of sp³-hybridized carbons (Fsp3) is 0.348. The van der Waals surface area contributed by atoms with Crippen molar-refractivity contribution in [3.63, 3.8) is 0 Å². The molecule has 0 fully saturated rings. The van der Waals surface area contributed by atoms with E-state index in [-0.39, 0.29) is 33.9 Å². The summed E-state index contributed by atoms with van der Waals surface area (Å²) < 4.78 is 37.5. The Morgan fingerprint density at radius 1 is 0.282 bits per heavy atom.